The molecule has 106 valence electrons. The van der Waals surface area contributed by atoms with Gasteiger partial charge in [-0.1, -0.05) is 54.4 Å². The third-order valence-corrected chi connectivity index (χ3v) is 3.68. The number of rotatable bonds is 5. The molecule has 0 amide bonds. The fourth-order valence-electron chi connectivity index (χ4n) is 2.28. The summed E-state index contributed by atoms with van der Waals surface area (Å²) in [5.74, 6) is -0.302. The van der Waals surface area contributed by atoms with Crippen LogP contribution in [0.3, 0.4) is 0 Å². The number of aryl methyl sites for hydroxylation is 1. The second kappa shape index (κ2) is 6.87. The van der Waals surface area contributed by atoms with Gasteiger partial charge in [-0.15, -0.1) is 0 Å². The summed E-state index contributed by atoms with van der Waals surface area (Å²) in [6.45, 7) is 4.96. The topological polar surface area (TPSA) is 12.0 Å². The number of nitrogens with one attached hydrogen (secondary N) is 1. The van der Waals surface area contributed by atoms with Crippen molar-refractivity contribution in [2.75, 3.05) is 6.54 Å². The minimum atomic E-state index is -0.302. The smallest absolute Gasteiger partial charge is 0.124 e. The van der Waals surface area contributed by atoms with E-state index >= 15 is 0 Å². The minimum absolute atomic E-state index is 0.0933. The van der Waals surface area contributed by atoms with Crippen molar-refractivity contribution >= 4 is 11.6 Å². The molecule has 1 nitrogen and oxygen atoms in total. The normalized spacial score (nSPS) is 12.4. The maximum Gasteiger partial charge on any atom is 0.124 e. The fraction of sp³-hybridized carbons (Fsp3) is 0.294. The van der Waals surface area contributed by atoms with Crippen molar-refractivity contribution in [2.45, 2.75) is 26.3 Å². The Morgan fingerprint density at radius 2 is 1.85 bits per heavy atom. The highest BCUT2D eigenvalue weighted by Gasteiger charge is 2.15. The van der Waals surface area contributed by atoms with Crippen LogP contribution in [-0.4, -0.2) is 6.54 Å². The zero-order valence-corrected chi connectivity index (χ0v) is 12.5. The molecule has 0 radical (unpaired) electrons. The molecule has 0 aromatic heterocycles. The molecule has 0 saturated carbocycles. The van der Waals surface area contributed by atoms with Crippen LogP contribution < -0.4 is 5.32 Å². The van der Waals surface area contributed by atoms with Gasteiger partial charge in [-0.05, 0) is 43.1 Å². The van der Waals surface area contributed by atoms with Gasteiger partial charge in [-0.3, -0.25) is 0 Å². The van der Waals surface area contributed by atoms with Crippen LogP contribution in [0.15, 0.2) is 42.5 Å². The fourth-order valence-corrected chi connectivity index (χ4v) is 2.58. The Morgan fingerprint density at radius 1 is 1.15 bits per heavy atom. The highest BCUT2D eigenvalue weighted by Crippen LogP contribution is 2.26. The van der Waals surface area contributed by atoms with Gasteiger partial charge in [-0.2, -0.15) is 0 Å². The number of benzene rings is 2. The molecule has 20 heavy (non-hydrogen) atoms. The summed E-state index contributed by atoms with van der Waals surface area (Å²) >= 11 is 6.17. The predicted octanol–water partition coefficient (Wildman–Crippen LogP) is 4.68. The van der Waals surface area contributed by atoms with Crippen LogP contribution in [0.25, 0.3) is 0 Å². The molecule has 2 aromatic carbocycles. The molecule has 0 aliphatic heterocycles. The van der Waals surface area contributed by atoms with Gasteiger partial charge in [0, 0.05) is 11.1 Å². The van der Waals surface area contributed by atoms with Gasteiger partial charge < -0.3 is 5.32 Å². The summed E-state index contributed by atoms with van der Waals surface area (Å²) in [5, 5.41) is 3.89. The Kier molecular flexibility index (Phi) is 5.16. The van der Waals surface area contributed by atoms with Crippen LogP contribution in [0.2, 0.25) is 5.02 Å². The lowest BCUT2D eigenvalue weighted by atomic mass is 9.98. The summed E-state index contributed by atoms with van der Waals surface area (Å²) in [6, 6.07) is 13.1. The van der Waals surface area contributed by atoms with Crippen LogP contribution in [0.1, 0.15) is 29.7 Å². The van der Waals surface area contributed by atoms with E-state index in [-0.39, 0.29) is 11.9 Å². The van der Waals surface area contributed by atoms with E-state index < -0.39 is 0 Å². The van der Waals surface area contributed by atoms with Crippen molar-refractivity contribution in [3.05, 3.63) is 70.0 Å². The first-order chi connectivity index (χ1) is 9.60. The lowest BCUT2D eigenvalue weighted by Gasteiger charge is -2.20. The van der Waals surface area contributed by atoms with Crippen molar-refractivity contribution in [3.8, 4) is 0 Å². The summed E-state index contributed by atoms with van der Waals surface area (Å²) in [4.78, 5) is 0. The number of hydrogen-bond acceptors (Lipinski definition) is 1. The van der Waals surface area contributed by atoms with Crippen LogP contribution in [0, 0.1) is 12.7 Å². The van der Waals surface area contributed by atoms with Gasteiger partial charge in [-0.25, -0.2) is 4.39 Å². The Hall–Kier alpha value is -1.38. The molecule has 1 atom stereocenters. The second-order valence-electron chi connectivity index (χ2n) is 4.97. The average molecular weight is 292 g/mol. The first-order valence-corrected chi connectivity index (χ1v) is 7.22. The lowest BCUT2D eigenvalue weighted by molar-refractivity contribution is 0.547. The molecule has 1 unspecified atom stereocenters. The monoisotopic (exact) mass is 291 g/mol. The van der Waals surface area contributed by atoms with E-state index in [4.69, 9.17) is 11.6 Å². The van der Waals surface area contributed by atoms with Gasteiger partial charge in [0.1, 0.15) is 5.82 Å². The molecule has 2 aromatic rings. The van der Waals surface area contributed by atoms with Gasteiger partial charge >= 0.3 is 0 Å². The van der Waals surface area contributed by atoms with Gasteiger partial charge in [0.05, 0.1) is 0 Å². The average Bonchev–Trinajstić information content (AvgIpc) is 2.41. The van der Waals surface area contributed by atoms with E-state index in [0.29, 0.717) is 5.02 Å². The molecule has 1 N–H and O–H groups in total. The lowest BCUT2D eigenvalue weighted by Crippen LogP contribution is -2.23. The third-order valence-electron chi connectivity index (χ3n) is 3.35. The Morgan fingerprint density at radius 3 is 2.45 bits per heavy atom. The summed E-state index contributed by atoms with van der Waals surface area (Å²) in [7, 11) is 0. The van der Waals surface area contributed by atoms with Gasteiger partial charge in [0.2, 0.25) is 0 Å². The van der Waals surface area contributed by atoms with Crippen molar-refractivity contribution in [3.63, 3.8) is 0 Å². The zero-order chi connectivity index (χ0) is 14.5. The third kappa shape index (κ3) is 3.81. The van der Waals surface area contributed by atoms with Gasteiger partial charge in [0.25, 0.3) is 0 Å². The van der Waals surface area contributed by atoms with Crippen molar-refractivity contribution in [2.24, 2.45) is 0 Å². The van der Waals surface area contributed by atoms with Crippen LogP contribution in [0.4, 0.5) is 4.39 Å². The number of hydrogen-bond donors (Lipinski definition) is 1. The molecule has 0 fully saturated rings. The Balaban J connectivity index is 2.24. The quantitative estimate of drug-likeness (QED) is 0.843. The van der Waals surface area contributed by atoms with E-state index in [2.05, 4.69) is 43.4 Å². The van der Waals surface area contributed by atoms with E-state index in [1.165, 1.54) is 23.3 Å². The Bertz CT molecular complexity index is 566. The molecule has 0 bridgehead atoms. The standard InChI is InChI=1S/C17H19ClFN/c1-3-20-17(10-13-6-4-12(2)5-7-13)15-9-8-14(19)11-16(15)18/h4-9,11,17,20H,3,10H2,1-2H3. The summed E-state index contributed by atoms with van der Waals surface area (Å²) in [6.07, 6.45) is 0.833. The summed E-state index contributed by atoms with van der Waals surface area (Å²) < 4.78 is 13.2. The van der Waals surface area contributed by atoms with Crippen LogP contribution in [-0.2, 0) is 6.42 Å². The van der Waals surface area contributed by atoms with Crippen molar-refractivity contribution in [1.82, 2.24) is 5.32 Å². The highest BCUT2D eigenvalue weighted by atomic mass is 35.5. The maximum absolute atomic E-state index is 13.2. The molecule has 0 heterocycles. The molecule has 0 saturated heterocycles. The first kappa shape index (κ1) is 15.0. The largest absolute Gasteiger partial charge is 0.310 e. The molecule has 2 rings (SSSR count). The molecular formula is C17H19ClFN. The number of halogens is 2. The molecule has 0 spiro atoms. The van der Waals surface area contributed by atoms with Gasteiger partial charge in [0.15, 0.2) is 0 Å². The van der Waals surface area contributed by atoms with Crippen molar-refractivity contribution < 1.29 is 4.39 Å². The molecular weight excluding hydrogens is 273 g/mol. The predicted molar refractivity (Wildman–Crippen MR) is 82.7 cm³/mol. The Labute approximate surface area is 124 Å². The first-order valence-electron chi connectivity index (χ1n) is 6.84. The van der Waals surface area contributed by atoms with E-state index in [1.807, 2.05) is 0 Å². The van der Waals surface area contributed by atoms with Crippen molar-refractivity contribution in [1.29, 1.82) is 0 Å². The highest BCUT2D eigenvalue weighted by molar-refractivity contribution is 6.31. The van der Waals surface area contributed by atoms with E-state index in [9.17, 15) is 4.39 Å². The van der Waals surface area contributed by atoms with E-state index in [1.54, 1.807) is 6.07 Å². The van der Waals surface area contributed by atoms with E-state index in [0.717, 1.165) is 18.5 Å². The molecule has 3 heteroatoms. The SMILES string of the molecule is CCNC(Cc1ccc(C)cc1)c1ccc(F)cc1Cl. The van der Waals surface area contributed by atoms with Crippen LogP contribution in [0.5, 0.6) is 0 Å². The zero-order valence-electron chi connectivity index (χ0n) is 11.8. The summed E-state index contributed by atoms with van der Waals surface area (Å²) in [5.41, 5.74) is 3.42. The second-order valence-corrected chi connectivity index (χ2v) is 5.37. The minimum Gasteiger partial charge on any atom is -0.310 e. The van der Waals surface area contributed by atoms with Crippen LogP contribution >= 0.6 is 11.6 Å². The molecule has 0 aliphatic rings. The number of likely N-dealkylation sites (N-methyl/N-ethyl adjacent to an activating group) is 1. The molecule has 0 aliphatic carbocycles. The maximum atomic E-state index is 13.2.